The number of carbonyl (C=O) groups excluding carboxylic acids is 1. The van der Waals surface area contributed by atoms with Crippen LogP contribution in [0, 0.1) is 5.82 Å². The number of nitrogens with zero attached hydrogens (tertiary/aromatic N) is 1. The minimum absolute atomic E-state index is 0.105. The highest BCUT2D eigenvalue weighted by atomic mass is 19.1. The molecule has 0 unspecified atom stereocenters. The summed E-state index contributed by atoms with van der Waals surface area (Å²) in [7, 11) is 1.70. The van der Waals surface area contributed by atoms with Gasteiger partial charge in [-0.05, 0) is 31.5 Å². The van der Waals surface area contributed by atoms with Crippen LogP contribution < -0.4 is 10.5 Å². The van der Waals surface area contributed by atoms with Crippen LogP contribution in [0.25, 0.3) is 0 Å². The van der Waals surface area contributed by atoms with Gasteiger partial charge in [0.1, 0.15) is 11.6 Å². The maximum absolute atomic E-state index is 13.2. The van der Waals surface area contributed by atoms with Crippen LogP contribution in [-0.2, 0) is 11.3 Å². The second-order valence-corrected chi connectivity index (χ2v) is 4.39. The normalized spacial score (nSPS) is 10.6. The van der Waals surface area contributed by atoms with Crippen molar-refractivity contribution in [1.29, 1.82) is 0 Å². The molecule has 0 aliphatic rings. The van der Waals surface area contributed by atoms with Gasteiger partial charge in [0.2, 0.25) is 0 Å². The first-order chi connectivity index (χ1) is 8.43. The van der Waals surface area contributed by atoms with Crippen molar-refractivity contribution < 1.29 is 13.9 Å². The fraction of sp³-hybridized carbons (Fsp3) is 0.462. The van der Waals surface area contributed by atoms with Crippen LogP contribution in [0.4, 0.5) is 4.39 Å². The van der Waals surface area contributed by atoms with Gasteiger partial charge in [-0.2, -0.15) is 0 Å². The highest BCUT2D eigenvalue weighted by Gasteiger charge is 2.12. The predicted octanol–water partition coefficient (Wildman–Crippen LogP) is 1.53. The Labute approximate surface area is 107 Å². The van der Waals surface area contributed by atoms with Gasteiger partial charge >= 0.3 is 0 Å². The van der Waals surface area contributed by atoms with E-state index in [9.17, 15) is 9.18 Å². The van der Waals surface area contributed by atoms with Crippen molar-refractivity contribution in [2.45, 2.75) is 26.4 Å². The summed E-state index contributed by atoms with van der Waals surface area (Å²) < 4.78 is 18.5. The molecule has 1 aromatic rings. The van der Waals surface area contributed by atoms with Crippen LogP contribution in [0.2, 0.25) is 0 Å². The van der Waals surface area contributed by atoms with Gasteiger partial charge in [0.15, 0.2) is 6.61 Å². The van der Waals surface area contributed by atoms with E-state index in [2.05, 4.69) is 0 Å². The fourth-order valence-corrected chi connectivity index (χ4v) is 1.36. The maximum atomic E-state index is 13.2. The number of likely N-dealkylation sites (N-methyl/N-ethyl adjacent to an activating group) is 1. The van der Waals surface area contributed by atoms with Gasteiger partial charge < -0.3 is 15.4 Å². The number of benzene rings is 1. The Bertz CT molecular complexity index is 421. The molecule has 0 atom stereocenters. The molecule has 0 aliphatic carbocycles. The Balaban J connectivity index is 2.63. The van der Waals surface area contributed by atoms with Crippen molar-refractivity contribution >= 4 is 5.91 Å². The number of rotatable bonds is 5. The molecule has 1 amide bonds. The summed E-state index contributed by atoms with van der Waals surface area (Å²) in [4.78, 5) is 13.3. The number of hydrogen-bond acceptors (Lipinski definition) is 3. The highest BCUT2D eigenvalue weighted by molar-refractivity contribution is 5.77. The molecule has 2 N–H and O–H groups in total. The van der Waals surface area contributed by atoms with Gasteiger partial charge in [-0.15, -0.1) is 0 Å². The molecule has 4 nitrogen and oxygen atoms in total. The topological polar surface area (TPSA) is 55.6 Å². The van der Waals surface area contributed by atoms with E-state index in [1.807, 2.05) is 13.8 Å². The molecule has 100 valence electrons. The smallest absolute Gasteiger partial charge is 0.260 e. The first-order valence-electron chi connectivity index (χ1n) is 5.82. The first-order valence-corrected chi connectivity index (χ1v) is 5.82. The number of hydrogen-bond donors (Lipinski definition) is 1. The third kappa shape index (κ3) is 4.00. The van der Waals surface area contributed by atoms with E-state index in [-0.39, 0.29) is 25.1 Å². The van der Waals surface area contributed by atoms with E-state index in [0.29, 0.717) is 11.3 Å². The van der Waals surface area contributed by atoms with Crippen molar-refractivity contribution in [2.75, 3.05) is 13.7 Å². The summed E-state index contributed by atoms with van der Waals surface area (Å²) >= 11 is 0. The Kier molecular flexibility index (Phi) is 5.09. The Morgan fingerprint density at radius 1 is 1.44 bits per heavy atom. The van der Waals surface area contributed by atoms with Gasteiger partial charge in [-0.3, -0.25) is 4.79 Å². The Morgan fingerprint density at radius 2 is 2.11 bits per heavy atom. The van der Waals surface area contributed by atoms with Gasteiger partial charge in [-0.1, -0.05) is 0 Å². The molecule has 1 rings (SSSR count). The monoisotopic (exact) mass is 254 g/mol. The zero-order valence-electron chi connectivity index (χ0n) is 10.9. The number of carbonyl (C=O) groups is 1. The summed E-state index contributed by atoms with van der Waals surface area (Å²) in [6.45, 7) is 3.94. The van der Waals surface area contributed by atoms with Crippen molar-refractivity contribution in [3.05, 3.63) is 29.6 Å². The van der Waals surface area contributed by atoms with Crippen LogP contribution >= 0.6 is 0 Å². The fourth-order valence-electron chi connectivity index (χ4n) is 1.36. The first kappa shape index (κ1) is 14.4. The Hall–Kier alpha value is -1.62. The number of amides is 1. The highest BCUT2D eigenvalue weighted by Crippen LogP contribution is 2.16. The third-order valence-electron chi connectivity index (χ3n) is 2.70. The van der Waals surface area contributed by atoms with Crippen LogP contribution in [0.15, 0.2) is 18.2 Å². The second-order valence-electron chi connectivity index (χ2n) is 4.39. The van der Waals surface area contributed by atoms with Crippen molar-refractivity contribution in [1.82, 2.24) is 4.90 Å². The van der Waals surface area contributed by atoms with Gasteiger partial charge in [0.05, 0.1) is 0 Å². The van der Waals surface area contributed by atoms with E-state index in [4.69, 9.17) is 10.5 Å². The molecule has 18 heavy (non-hydrogen) atoms. The maximum Gasteiger partial charge on any atom is 0.260 e. The molecule has 0 fully saturated rings. The molecule has 0 radical (unpaired) electrons. The van der Waals surface area contributed by atoms with Crippen molar-refractivity contribution in [2.24, 2.45) is 5.73 Å². The molecular weight excluding hydrogens is 235 g/mol. The molecular formula is C13H19FN2O2. The van der Waals surface area contributed by atoms with E-state index >= 15 is 0 Å². The summed E-state index contributed by atoms with van der Waals surface area (Å²) in [5, 5.41) is 0. The average molecular weight is 254 g/mol. The van der Waals surface area contributed by atoms with E-state index in [0.717, 1.165) is 0 Å². The van der Waals surface area contributed by atoms with E-state index in [1.165, 1.54) is 12.1 Å². The number of nitrogens with two attached hydrogens (primary N) is 1. The summed E-state index contributed by atoms with van der Waals surface area (Å²) in [6, 6.07) is 4.32. The third-order valence-corrected chi connectivity index (χ3v) is 2.70. The lowest BCUT2D eigenvalue weighted by molar-refractivity contribution is -0.133. The minimum atomic E-state index is -0.419. The SMILES string of the molecule is CC(C)N(C)C(=O)COc1cc(F)cc(CN)c1. The summed E-state index contributed by atoms with van der Waals surface area (Å²) in [6.07, 6.45) is 0. The minimum Gasteiger partial charge on any atom is -0.484 e. The number of ether oxygens (including phenoxy) is 1. The molecule has 5 heteroatoms. The van der Waals surface area contributed by atoms with Crippen LogP contribution in [-0.4, -0.2) is 30.5 Å². The zero-order valence-corrected chi connectivity index (χ0v) is 10.9. The second kappa shape index (κ2) is 6.35. The molecule has 0 bridgehead atoms. The Morgan fingerprint density at radius 3 is 2.67 bits per heavy atom. The van der Waals surface area contributed by atoms with Crippen LogP contribution in [0.1, 0.15) is 19.4 Å². The average Bonchev–Trinajstić information content (AvgIpc) is 2.34. The lowest BCUT2D eigenvalue weighted by atomic mass is 10.2. The molecule has 0 saturated carbocycles. The van der Waals surface area contributed by atoms with Crippen LogP contribution in [0.5, 0.6) is 5.75 Å². The quantitative estimate of drug-likeness (QED) is 0.867. The molecule has 0 spiro atoms. The molecule has 0 aromatic heterocycles. The lowest BCUT2D eigenvalue weighted by Crippen LogP contribution is -2.36. The van der Waals surface area contributed by atoms with Crippen molar-refractivity contribution in [3.63, 3.8) is 0 Å². The van der Waals surface area contributed by atoms with Gasteiger partial charge in [0, 0.05) is 25.7 Å². The van der Waals surface area contributed by atoms with E-state index in [1.54, 1.807) is 18.0 Å². The number of halogens is 1. The zero-order chi connectivity index (χ0) is 13.7. The van der Waals surface area contributed by atoms with Gasteiger partial charge in [-0.25, -0.2) is 4.39 Å². The van der Waals surface area contributed by atoms with Gasteiger partial charge in [0.25, 0.3) is 5.91 Å². The van der Waals surface area contributed by atoms with Crippen LogP contribution in [0.3, 0.4) is 0 Å². The summed E-state index contributed by atoms with van der Waals surface area (Å²) in [5.41, 5.74) is 6.07. The summed E-state index contributed by atoms with van der Waals surface area (Å²) in [5.74, 6) is -0.248. The molecule has 0 aliphatic heterocycles. The van der Waals surface area contributed by atoms with E-state index < -0.39 is 5.82 Å². The molecule has 1 aromatic carbocycles. The largest absolute Gasteiger partial charge is 0.484 e. The predicted molar refractivity (Wildman–Crippen MR) is 67.7 cm³/mol. The molecule has 0 saturated heterocycles. The standard InChI is InChI=1S/C13H19FN2O2/c1-9(2)16(3)13(17)8-18-12-5-10(7-15)4-11(14)6-12/h4-6,9H,7-8,15H2,1-3H3. The lowest BCUT2D eigenvalue weighted by Gasteiger charge is -2.21. The van der Waals surface area contributed by atoms with Crippen molar-refractivity contribution in [3.8, 4) is 5.75 Å². The molecule has 0 heterocycles.